The molecule has 1 aliphatic rings. The number of rotatable bonds is 4. The maximum atomic E-state index is 11.7. The van der Waals surface area contributed by atoms with E-state index in [9.17, 15) is 9.90 Å². The molecule has 0 unspecified atom stereocenters. The third-order valence-electron chi connectivity index (χ3n) is 4.28. The van der Waals surface area contributed by atoms with Gasteiger partial charge in [-0.1, -0.05) is 13.3 Å². The largest absolute Gasteiger partial charge is 0.481 e. The van der Waals surface area contributed by atoms with E-state index in [1.54, 1.807) is 11.3 Å². The van der Waals surface area contributed by atoms with Crippen molar-refractivity contribution in [2.75, 3.05) is 0 Å². The van der Waals surface area contributed by atoms with E-state index in [4.69, 9.17) is 0 Å². The minimum atomic E-state index is -0.636. The van der Waals surface area contributed by atoms with Gasteiger partial charge >= 0.3 is 5.97 Å². The van der Waals surface area contributed by atoms with Gasteiger partial charge in [0.2, 0.25) is 0 Å². The molecule has 0 bridgehead atoms. The summed E-state index contributed by atoms with van der Waals surface area (Å²) in [5, 5.41) is 12.6. The number of hydrogen-bond donors (Lipinski definition) is 1. The van der Waals surface area contributed by atoms with Crippen molar-refractivity contribution in [3.63, 3.8) is 0 Å². The molecule has 1 heterocycles. The molecule has 1 aromatic heterocycles. The number of aromatic nitrogens is 1. The molecule has 4 heteroatoms. The molecule has 1 N–H and O–H groups in total. The first-order valence-corrected chi connectivity index (χ1v) is 7.58. The molecule has 100 valence electrons. The smallest absolute Gasteiger partial charge is 0.310 e. The van der Waals surface area contributed by atoms with Crippen LogP contribution in [-0.4, -0.2) is 16.1 Å². The van der Waals surface area contributed by atoms with Gasteiger partial charge in [-0.05, 0) is 38.5 Å². The second-order valence-electron chi connectivity index (χ2n) is 5.47. The van der Waals surface area contributed by atoms with E-state index in [-0.39, 0.29) is 0 Å². The van der Waals surface area contributed by atoms with Gasteiger partial charge in [0, 0.05) is 11.8 Å². The second-order valence-corrected chi connectivity index (χ2v) is 6.53. The molecule has 0 radical (unpaired) electrons. The van der Waals surface area contributed by atoms with E-state index in [0.29, 0.717) is 6.42 Å². The van der Waals surface area contributed by atoms with Crippen LogP contribution in [0, 0.1) is 18.3 Å². The fourth-order valence-electron chi connectivity index (χ4n) is 2.94. The van der Waals surface area contributed by atoms with E-state index < -0.39 is 11.4 Å². The van der Waals surface area contributed by atoms with Crippen molar-refractivity contribution >= 4 is 17.3 Å². The third kappa shape index (κ3) is 2.74. The zero-order chi connectivity index (χ0) is 13.2. The molecule has 1 saturated carbocycles. The summed E-state index contributed by atoms with van der Waals surface area (Å²) in [6.45, 7) is 4.16. The van der Waals surface area contributed by atoms with Crippen LogP contribution in [0.2, 0.25) is 0 Å². The van der Waals surface area contributed by atoms with Crippen LogP contribution in [0.3, 0.4) is 0 Å². The summed E-state index contributed by atoms with van der Waals surface area (Å²) < 4.78 is 0. The average Bonchev–Trinajstić information content (AvgIpc) is 2.75. The van der Waals surface area contributed by atoms with Crippen molar-refractivity contribution in [2.24, 2.45) is 11.3 Å². The van der Waals surface area contributed by atoms with Crippen LogP contribution in [0.15, 0.2) is 5.38 Å². The van der Waals surface area contributed by atoms with Gasteiger partial charge in [-0.25, -0.2) is 4.98 Å². The van der Waals surface area contributed by atoms with Gasteiger partial charge in [0.05, 0.1) is 16.1 Å². The molecule has 1 aliphatic carbocycles. The summed E-state index contributed by atoms with van der Waals surface area (Å²) in [5.74, 6) is 0.0809. The van der Waals surface area contributed by atoms with Crippen LogP contribution < -0.4 is 0 Å². The van der Waals surface area contributed by atoms with Crippen LogP contribution in [0.5, 0.6) is 0 Å². The van der Waals surface area contributed by atoms with Gasteiger partial charge in [-0.2, -0.15) is 0 Å². The van der Waals surface area contributed by atoms with Gasteiger partial charge in [-0.15, -0.1) is 11.3 Å². The van der Waals surface area contributed by atoms with Crippen molar-refractivity contribution in [1.29, 1.82) is 0 Å². The van der Waals surface area contributed by atoms with Crippen LogP contribution in [-0.2, 0) is 11.2 Å². The number of nitrogens with zero attached hydrogens (tertiary/aromatic N) is 1. The van der Waals surface area contributed by atoms with E-state index in [0.717, 1.165) is 42.3 Å². The molecule has 0 aliphatic heterocycles. The Hall–Kier alpha value is -0.900. The lowest BCUT2D eigenvalue weighted by Gasteiger charge is -2.36. The van der Waals surface area contributed by atoms with E-state index >= 15 is 0 Å². The first-order chi connectivity index (χ1) is 8.55. The molecule has 0 atom stereocenters. The molecular formula is C14H21NO2S. The van der Waals surface area contributed by atoms with Crippen molar-refractivity contribution in [3.05, 3.63) is 16.1 Å². The van der Waals surface area contributed by atoms with Crippen molar-refractivity contribution in [3.8, 4) is 0 Å². The average molecular weight is 267 g/mol. The van der Waals surface area contributed by atoms with Crippen LogP contribution in [0.1, 0.15) is 49.7 Å². The molecule has 0 amide bonds. The number of aliphatic carboxylic acids is 1. The molecule has 18 heavy (non-hydrogen) atoms. The lowest BCUT2D eigenvalue weighted by atomic mass is 9.67. The molecule has 0 spiro atoms. The number of carbonyl (C=O) groups is 1. The summed E-state index contributed by atoms with van der Waals surface area (Å²) in [6, 6.07) is 0. The lowest BCUT2D eigenvalue weighted by molar-refractivity contribution is -0.151. The monoisotopic (exact) mass is 267 g/mol. The summed E-state index contributed by atoms with van der Waals surface area (Å²) in [7, 11) is 0. The van der Waals surface area contributed by atoms with Gasteiger partial charge in [-0.3, -0.25) is 4.79 Å². The maximum Gasteiger partial charge on any atom is 0.310 e. The maximum absolute atomic E-state index is 11.7. The van der Waals surface area contributed by atoms with E-state index in [1.165, 1.54) is 6.42 Å². The standard InChI is InChI=1S/C14H21NO2S/c1-3-11-4-6-14(7-5-11,13(16)17)8-12-9-18-10(2)15-12/h9,11H,3-8H2,1-2H3,(H,16,17). The quantitative estimate of drug-likeness (QED) is 0.905. The predicted octanol–water partition coefficient (Wildman–Crippen LogP) is 3.67. The van der Waals surface area contributed by atoms with E-state index in [2.05, 4.69) is 11.9 Å². The molecular weight excluding hydrogens is 246 g/mol. The summed E-state index contributed by atoms with van der Waals surface area (Å²) in [4.78, 5) is 16.1. The highest BCUT2D eigenvalue weighted by Gasteiger charge is 2.42. The highest BCUT2D eigenvalue weighted by Crippen LogP contribution is 2.42. The fourth-order valence-corrected chi connectivity index (χ4v) is 3.55. The predicted molar refractivity (Wildman–Crippen MR) is 72.9 cm³/mol. The van der Waals surface area contributed by atoms with E-state index in [1.807, 2.05) is 12.3 Å². The van der Waals surface area contributed by atoms with Gasteiger partial charge in [0.15, 0.2) is 0 Å². The number of thiazole rings is 1. The van der Waals surface area contributed by atoms with Gasteiger partial charge < -0.3 is 5.11 Å². The lowest BCUT2D eigenvalue weighted by Crippen LogP contribution is -2.37. The summed E-state index contributed by atoms with van der Waals surface area (Å²) in [5.41, 5.74) is 0.390. The Labute approximate surface area is 112 Å². The SMILES string of the molecule is CCC1CCC(Cc2csc(C)n2)(C(=O)O)CC1. The number of carboxylic acid groups (broad SMARTS) is 1. The molecule has 3 nitrogen and oxygen atoms in total. The highest BCUT2D eigenvalue weighted by molar-refractivity contribution is 7.09. The first kappa shape index (κ1) is 13.5. The Balaban J connectivity index is 2.11. The highest BCUT2D eigenvalue weighted by atomic mass is 32.1. The Morgan fingerprint density at radius 3 is 2.67 bits per heavy atom. The number of hydrogen-bond acceptors (Lipinski definition) is 3. The third-order valence-corrected chi connectivity index (χ3v) is 5.10. The minimum Gasteiger partial charge on any atom is -0.481 e. The molecule has 1 aromatic rings. The van der Waals surface area contributed by atoms with Crippen molar-refractivity contribution in [2.45, 2.75) is 52.4 Å². The molecule has 2 rings (SSSR count). The van der Waals surface area contributed by atoms with Crippen molar-refractivity contribution in [1.82, 2.24) is 4.98 Å². The Morgan fingerprint density at radius 2 is 2.22 bits per heavy atom. The zero-order valence-corrected chi connectivity index (χ0v) is 11.9. The Bertz CT molecular complexity index is 419. The first-order valence-electron chi connectivity index (χ1n) is 6.70. The van der Waals surface area contributed by atoms with Crippen LogP contribution >= 0.6 is 11.3 Å². The number of carboxylic acids is 1. The molecule has 1 fully saturated rings. The Morgan fingerprint density at radius 1 is 1.56 bits per heavy atom. The molecule has 0 saturated heterocycles. The van der Waals surface area contributed by atoms with Gasteiger partial charge in [0.25, 0.3) is 0 Å². The second kappa shape index (κ2) is 5.39. The minimum absolute atomic E-state index is 0.563. The van der Waals surface area contributed by atoms with Crippen LogP contribution in [0.4, 0.5) is 0 Å². The Kier molecular flexibility index (Phi) is 4.05. The zero-order valence-electron chi connectivity index (χ0n) is 11.1. The normalized spacial score (nSPS) is 28.2. The molecule has 0 aromatic carbocycles. The summed E-state index contributed by atoms with van der Waals surface area (Å²) >= 11 is 1.60. The van der Waals surface area contributed by atoms with Gasteiger partial charge in [0.1, 0.15) is 0 Å². The fraction of sp³-hybridized carbons (Fsp3) is 0.714. The topological polar surface area (TPSA) is 50.2 Å². The number of aryl methyl sites for hydroxylation is 1. The van der Waals surface area contributed by atoms with Crippen molar-refractivity contribution < 1.29 is 9.90 Å². The summed E-state index contributed by atoms with van der Waals surface area (Å²) in [6.07, 6.45) is 5.47. The van der Waals surface area contributed by atoms with Crippen LogP contribution in [0.25, 0.3) is 0 Å².